The predicted octanol–water partition coefficient (Wildman–Crippen LogP) is 3.10. The van der Waals surface area contributed by atoms with Gasteiger partial charge in [-0.1, -0.05) is 6.92 Å². The number of anilines is 2. The Morgan fingerprint density at radius 3 is 3.00 bits per heavy atom. The van der Waals surface area contributed by atoms with E-state index >= 15 is 0 Å². The van der Waals surface area contributed by atoms with Gasteiger partial charge in [-0.3, -0.25) is 0 Å². The fourth-order valence-corrected chi connectivity index (χ4v) is 3.85. The molecule has 2 unspecified atom stereocenters. The number of halogens is 1. The Kier molecular flexibility index (Phi) is 4.95. The summed E-state index contributed by atoms with van der Waals surface area (Å²) in [6, 6.07) is 1.30. The van der Waals surface area contributed by atoms with Crippen LogP contribution in [0.1, 0.15) is 39.0 Å². The minimum absolute atomic E-state index is 0.523. The van der Waals surface area contributed by atoms with E-state index in [1.807, 2.05) is 0 Å². The number of piperidine rings is 1. The SMILES string of the molecule is CCCNc1ncnc(NC2CCN3CCCC3C2)c1Br. The molecule has 2 N–H and O–H groups in total. The highest BCUT2D eigenvalue weighted by molar-refractivity contribution is 9.10. The minimum atomic E-state index is 0.523. The summed E-state index contributed by atoms with van der Waals surface area (Å²) in [4.78, 5) is 11.3. The zero-order chi connectivity index (χ0) is 14.7. The number of nitrogens with one attached hydrogen (secondary N) is 2. The maximum atomic E-state index is 4.40. The maximum Gasteiger partial charge on any atom is 0.146 e. The molecule has 0 amide bonds. The van der Waals surface area contributed by atoms with Gasteiger partial charge in [-0.15, -0.1) is 0 Å². The largest absolute Gasteiger partial charge is 0.369 e. The lowest BCUT2D eigenvalue weighted by atomic mass is 9.97. The molecule has 0 aliphatic carbocycles. The van der Waals surface area contributed by atoms with Crippen LogP contribution >= 0.6 is 15.9 Å². The second-order valence-electron chi connectivity index (χ2n) is 6.01. The number of hydrogen-bond donors (Lipinski definition) is 2. The molecule has 0 spiro atoms. The van der Waals surface area contributed by atoms with Gasteiger partial charge in [0.25, 0.3) is 0 Å². The van der Waals surface area contributed by atoms with Gasteiger partial charge in [0.05, 0.1) is 0 Å². The predicted molar refractivity (Wildman–Crippen MR) is 89.8 cm³/mol. The van der Waals surface area contributed by atoms with Gasteiger partial charge in [0.1, 0.15) is 22.4 Å². The first-order valence-corrected chi connectivity index (χ1v) is 8.82. The van der Waals surface area contributed by atoms with Gasteiger partial charge in [-0.2, -0.15) is 0 Å². The van der Waals surface area contributed by atoms with E-state index in [2.05, 4.69) is 48.4 Å². The molecule has 3 rings (SSSR count). The van der Waals surface area contributed by atoms with Crippen LogP contribution < -0.4 is 10.6 Å². The zero-order valence-corrected chi connectivity index (χ0v) is 14.2. The van der Waals surface area contributed by atoms with Crippen molar-refractivity contribution in [2.75, 3.05) is 30.3 Å². The number of aromatic nitrogens is 2. The van der Waals surface area contributed by atoms with E-state index in [9.17, 15) is 0 Å². The van der Waals surface area contributed by atoms with Crippen molar-refractivity contribution in [1.82, 2.24) is 14.9 Å². The van der Waals surface area contributed by atoms with Gasteiger partial charge in [-0.05, 0) is 54.6 Å². The summed E-state index contributed by atoms with van der Waals surface area (Å²) in [5, 5.41) is 6.94. The lowest BCUT2D eigenvalue weighted by Gasteiger charge is -2.35. The van der Waals surface area contributed by atoms with E-state index in [0.29, 0.717) is 6.04 Å². The Hall–Kier alpha value is -0.880. The van der Waals surface area contributed by atoms with Crippen LogP contribution in [0.2, 0.25) is 0 Å². The maximum absolute atomic E-state index is 4.40. The molecular formula is C15H24BrN5. The first-order chi connectivity index (χ1) is 10.3. The summed E-state index contributed by atoms with van der Waals surface area (Å²) in [6.07, 6.45) is 7.86. The zero-order valence-electron chi connectivity index (χ0n) is 12.6. The third-order valence-electron chi connectivity index (χ3n) is 4.49. The molecule has 2 aliphatic heterocycles. The monoisotopic (exact) mass is 353 g/mol. The van der Waals surface area contributed by atoms with Crippen molar-refractivity contribution in [2.45, 2.75) is 51.1 Å². The van der Waals surface area contributed by atoms with Crippen LogP contribution in [0.3, 0.4) is 0 Å². The molecule has 116 valence electrons. The van der Waals surface area contributed by atoms with Crippen molar-refractivity contribution in [2.24, 2.45) is 0 Å². The minimum Gasteiger partial charge on any atom is -0.369 e. The highest BCUT2D eigenvalue weighted by atomic mass is 79.9. The van der Waals surface area contributed by atoms with E-state index in [-0.39, 0.29) is 0 Å². The van der Waals surface area contributed by atoms with Gasteiger partial charge in [0.15, 0.2) is 0 Å². The third-order valence-corrected chi connectivity index (χ3v) is 5.24. The van der Waals surface area contributed by atoms with E-state index < -0.39 is 0 Å². The normalized spacial score (nSPS) is 25.6. The van der Waals surface area contributed by atoms with Crippen LogP contribution in [-0.4, -0.2) is 46.6 Å². The van der Waals surface area contributed by atoms with E-state index in [1.54, 1.807) is 6.33 Å². The van der Waals surface area contributed by atoms with Crippen LogP contribution in [0.4, 0.5) is 11.6 Å². The van der Waals surface area contributed by atoms with Crippen LogP contribution in [0, 0.1) is 0 Å². The van der Waals surface area contributed by atoms with Crippen molar-refractivity contribution in [3.05, 3.63) is 10.8 Å². The standard InChI is InChI=1S/C15H24BrN5/c1-2-6-17-14-13(16)15(19-10-18-14)20-11-5-8-21-7-3-4-12(21)9-11/h10-12H,2-9H2,1H3,(H2,17,18,19,20). The quantitative estimate of drug-likeness (QED) is 0.851. The number of rotatable bonds is 5. The lowest BCUT2D eigenvalue weighted by Crippen LogP contribution is -2.42. The molecule has 1 aromatic heterocycles. The molecular weight excluding hydrogens is 330 g/mol. The highest BCUT2D eigenvalue weighted by Crippen LogP contribution is 2.31. The second-order valence-corrected chi connectivity index (χ2v) is 6.80. The van der Waals surface area contributed by atoms with Gasteiger partial charge >= 0.3 is 0 Å². The first-order valence-electron chi connectivity index (χ1n) is 8.03. The summed E-state index contributed by atoms with van der Waals surface area (Å²) in [7, 11) is 0. The molecule has 0 saturated carbocycles. The van der Waals surface area contributed by atoms with Crippen molar-refractivity contribution in [3.8, 4) is 0 Å². The number of fused-ring (bicyclic) bond motifs is 1. The molecule has 2 aliphatic rings. The molecule has 0 radical (unpaired) electrons. The highest BCUT2D eigenvalue weighted by Gasteiger charge is 2.31. The fourth-order valence-electron chi connectivity index (χ4n) is 3.39. The summed E-state index contributed by atoms with van der Waals surface area (Å²) in [5.74, 6) is 1.80. The summed E-state index contributed by atoms with van der Waals surface area (Å²) < 4.78 is 0.951. The average molecular weight is 354 g/mol. The Balaban J connectivity index is 1.64. The summed E-state index contributed by atoms with van der Waals surface area (Å²) >= 11 is 3.63. The molecule has 2 fully saturated rings. The molecule has 2 atom stereocenters. The molecule has 21 heavy (non-hydrogen) atoms. The van der Waals surface area contributed by atoms with Gasteiger partial charge < -0.3 is 15.5 Å². The fraction of sp³-hybridized carbons (Fsp3) is 0.733. The van der Waals surface area contributed by atoms with Crippen LogP contribution in [0.5, 0.6) is 0 Å². The van der Waals surface area contributed by atoms with Crippen molar-refractivity contribution >= 4 is 27.6 Å². The second kappa shape index (κ2) is 6.92. The molecule has 6 heteroatoms. The smallest absolute Gasteiger partial charge is 0.146 e. The van der Waals surface area contributed by atoms with E-state index in [1.165, 1.54) is 38.8 Å². The van der Waals surface area contributed by atoms with E-state index in [0.717, 1.165) is 35.1 Å². The average Bonchev–Trinajstić information content (AvgIpc) is 2.96. The van der Waals surface area contributed by atoms with Gasteiger partial charge in [-0.25, -0.2) is 9.97 Å². The molecule has 2 saturated heterocycles. The molecule has 0 aromatic carbocycles. The van der Waals surface area contributed by atoms with E-state index in [4.69, 9.17) is 0 Å². The van der Waals surface area contributed by atoms with Gasteiger partial charge in [0, 0.05) is 25.2 Å². The molecule has 0 bridgehead atoms. The summed E-state index contributed by atoms with van der Waals surface area (Å²) in [5.41, 5.74) is 0. The Bertz CT molecular complexity index is 481. The van der Waals surface area contributed by atoms with Crippen LogP contribution in [0.15, 0.2) is 10.8 Å². The Morgan fingerprint density at radius 1 is 1.29 bits per heavy atom. The first kappa shape index (κ1) is 15.0. The number of nitrogens with zero attached hydrogens (tertiary/aromatic N) is 3. The lowest BCUT2D eigenvalue weighted by molar-refractivity contribution is 0.188. The number of hydrogen-bond acceptors (Lipinski definition) is 5. The summed E-state index contributed by atoms with van der Waals surface area (Å²) in [6.45, 7) is 5.58. The van der Waals surface area contributed by atoms with Crippen molar-refractivity contribution in [3.63, 3.8) is 0 Å². The Labute approximate surface area is 135 Å². The van der Waals surface area contributed by atoms with Crippen molar-refractivity contribution < 1.29 is 0 Å². The van der Waals surface area contributed by atoms with Gasteiger partial charge in [0.2, 0.25) is 0 Å². The molecule has 3 heterocycles. The Morgan fingerprint density at radius 2 is 2.14 bits per heavy atom. The third kappa shape index (κ3) is 3.48. The molecule has 1 aromatic rings. The topological polar surface area (TPSA) is 53.1 Å². The van der Waals surface area contributed by atoms with Crippen LogP contribution in [0.25, 0.3) is 0 Å². The van der Waals surface area contributed by atoms with Crippen LogP contribution in [-0.2, 0) is 0 Å². The molecule has 5 nitrogen and oxygen atoms in total. The van der Waals surface area contributed by atoms with Crippen molar-refractivity contribution in [1.29, 1.82) is 0 Å².